The first kappa shape index (κ1) is 23.3. The second-order valence-corrected chi connectivity index (χ2v) is 11.4. The van der Waals surface area contributed by atoms with Gasteiger partial charge >= 0.3 is 6.09 Å². The Kier molecular flexibility index (Phi) is 6.21. The molecule has 3 heterocycles. The zero-order chi connectivity index (χ0) is 23.3. The zero-order valence-corrected chi connectivity index (χ0v) is 20.3. The second-order valence-electron chi connectivity index (χ2n) is 11.4. The maximum atomic E-state index is 14.7. The highest BCUT2D eigenvalue weighted by atomic mass is 19.1. The van der Waals surface area contributed by atoms with Gasteiger partial charge in [-0.15, -0.1) is 0 Å². The van der Waals surface area contributed by atoms with E-state index >= 15 is 0 Å². The van der Waals surface area contributed by atoms with E-state index in [1.807, 2.05) is 31.7 Å². The van der Waals surface area contributed by atoms with Crippen LogP contribution in [0.15, 0.2) is 18.2 Å². The molecule has 0 spiro atoms. The normalized spacial score (nSPS) is 31.9. The summed E-state index contributed by atoms with van der Waals surface area (Å²) in [5.41, 5.74) is -0.198. The van der Waals surface area contributed by atoms with Crippen molar-refractivity contribution >= 4 is 6.09 Å². The third-order valence-electron chi connectivity index (χ3n) is 7.20. The minimum Gasteiger partial charge on any atom is -0.484 e. The van der Waals surface area contributed by atoms with Crippen molar-refractivity contribution in [3.63, 3.8) is 0 Å². The Hall–Kier alpha value is -1.82. The number of fused-ring (bicyclic) bond motifs is 4. The molecule has 6 heteroatoms. The number of piperidine rings is 1. The molecule has 0 N–H and O–H groups in total. The lowest BCUT2D eigenvalue weighted by Crippen LogP contribution is -2.57. The molecule has 0 saturated carbocycles. The molecule has 32 heavy (non-hydrogen) atoms. The van der Waals surface area contributed by atoms with Crippen LogP contribution in [0.5, 0.6) is 5.75 Å². The van der Waals surface area contributed by atoms with Crippen molar-refractivity contribution < 1.29 is 23.4 Å². The molecule has 3 aliphatic heterocycles. The van der Waals surface area contributed by atoms with Crippen LogP contribution in [-0.2, 0) is 9.47 Å². The summed E-state index contributed by atoms with van der Waals surface area (Å²) in [7, 11) is 0. The lowest BCUT2D eigenvalue weighted by Gasteiger charge is -2.54. The van der Waals surface area contributed by atoms with Crippen LogP contribution in [0.4, 0.5) is 9.18 Å². The van der Waals surface area contributed by atoms with Gasteiger partial charge in [-0.1, -0.05) is 26.0 Å². The Bertz CT molecular complexity index is 851. The van der Waals surface area contributed by atoms with Crippen molar-refractivity contribution in [1.29, 1.82) is 0 Å². The fourth-order valence-corrected chi connectivity index (χ4v) is 5.48. The van der Waals surface area contributed by atoms with Gasteiger partial charge in [-0.2, -0.15) is 0 Å². The number of amides is 1. The number of carbonyl (C=O) groups is 1. The van der Waals surface area contributed by atoms with E-state index in [0.29, 0.717) is 24.8 Å². The van der Waals surface area contributed by atoms with Gasteiger partial charge in [0.05, 0.1) is 12.2 Å². The van der Waals surface area contributed by atoms with Gasteiger partial charge in [-0.05, 0) is 65.4 Å². The van der Waals surface area contributed by atoms with Crippen LogP contribution in [0.3, 0.4) is 0 Å². The van der Waals surface area contributed by atoms with E-state index in [2.05, 4.69) is 20.8 Å². The second kappa shape index (κ2) is 8.51. The average molecular weight is 448 g/mol. The van der Waals surface area contributed by atoms with Crippen molar-refractivity contribution in [2.24, 2.45) is 17.8 Å². The lowest BCUT2D eigenvalue weighted by molar-refractivity contribution is -0.192. The first-order valence-corrected chi connectivity index (χ1v) is 12.1. The van der Waals surface area contributed by atoms with E-state index in [-0.39, 0.29) is 36.0 Å². The van der Waals surface area contributed by atoms with E-state index in [1.165, 1.54) is 6.07 Å². The third-order valence-corrected chi connectivity index (χ3v) is 7.20. The number of para-hydroxylation sites is 1. The first-order valence-electron chi connectivity index (χ1n) is 12.1. The van der Waals surface area contributed by atoms with Crippen molar-refractivity contribution in [2.45, 2.75) is 90.6 Å². The summed E-state index contributed by atoms with van der Waals surface area (Å²) in [5, 5.41) is 0. The fourth-order valence-electron chi connectivity index (χ4n) is 5.48. The molecule has 4 rings (SSSR count). The van der Waals surface area contributed by atoms with Crippen LogP contribution in [0.1, 0.15) is 78.9 Å². The number of nitrogens with zero attached hydrogens (tertiary/aromatic N) is 1. The number of hydrogen-bond acceptors (Lipinski definition) is 4. The van der Waals surface area contributed by atoms with Gasteiger partial charge in [-0.25, -0.2) is 9.18 Å². The summed E-state index contributed by atoms with van der Waals surface area (Å²) in [6, 6.07) is 5.15. The van der Waals surface area contributed by atoms with Gasteiger partial charge < -0.3 is 19.1 Å². The summed E-state index contributed by atoms with van der Waals surface area (Å²) in [6.07, 6.45) is 3.12. The fraction of sp³-hybridized carbons (Fsp3) is 0.731. The summed E-state index contributed by atoms with van der Waals surface area (Å²) < 4.78 is 33.5. The number of hydrogen-bond donors (Lipinski definition) is 0. The maximum Gasteiger partial charge on any atom is 0.410 e. The molecular formula is C26H38FNO4. The number of halogens is 1. The van der Waals surface area contributed by atoms with E-state index in [0.717, 1.165) is 31.2 Å². The number of ether oxygens (including phenoxy) is 3. The van der Waals surface area contributed by atoms with E-state index in [9.17, 15) is 9.18 Å². The average Bonchev–Trinajstić information content (AvgIpc) is 2.71. The molecule has 2 fully saturated rings. The molecule has 0 aliphatic carbocycles. The summed E-state index contributed by atoms with van der Waals surface area (Å²) in [4.78, 5) is 14.5. The predicted octanol–water partition coefficient (Wildman–Crippen LogP) is 6.12. The van der Waals surface area contributed by atoms with Gasteiger partial charge in [0.15, 0.2) is 11.6 Å². The summed E-state index contributed by atoms with van der Waals surface area (Å²) in [5.74, 6) is 0.891. The molecule has 0 aromatic heterocycles. The molecule has 0 bridgehead atoms. The van der Waals surface area contributed by atoms with Gasteiger partial charge in [0.25, 0.3) is 0 Å². The lowest BCUT2D eigenvalue weighted by atomic mass is 9.68. The number of rotatable bonds is 3. The first-order chi connectivity index (χ1) is 15.0. The van der Waals surface area contributed by atoms with Crippen LogP contribution >= 0.6 is 0 Å². The number of likely N-dealkylation sites (tertiary alicyclic amines) is 1. The van der Waals surface area contributed by atoms with E-state index < -0.39 is 11.2 Å². The van der Waals surface area contributed by atoms with Crippen molar-refractivity contribution in [3.05, 3.63) is 29.6 Å². The van der Waals surface area contributed by atoms with Crippen LogP contribution in [0.25, 0.3) is 0 Å². The van der Waals surface area contributed by atoms with Crippen LogP contribution in [0.2, 0.25) is 0 Å². The Labute approximate surface area is 191 Å². The minimum absolute atomic E-state index is 0.0542. The molecule has 178 valence electrons. The largest absolute Gasteiger partial charge is 0.484 e. The molecule has 2 saturated heterocycles. The number of carbonyl (C=O) groups excluding carboxylic acids is 1. The molecule has 3 aliphatic rings. The molecule has 0 unspecified atom stereocenters. The highest BCUT2D eigenvalue weighted by Crippen LogP contribution is 2.55. The van der Waals surface area contributed by atoms with E-state index in [1.54, 1.807) is 6.07 Å². The smallest absolute Gasteiger partial charge is 0.410 e. The van der Waals surface area contributed by atoms with E-state index in [4.69, 9.17) is 14.2 Å². The topological polar surface area (TPSA) is 48.0 Å². The SMILES string of the molecule is CC(C)CC[C@@]1(C)Oc2c(F)cccc2[C@H]2O[C@H]3CCN(C(=O)OC(C)(C)C)C[C@H]3C[C@@H]21. The van der Waals surface area contributed by atoms with Crippen LogP contribution in [0, 0.1) is 23.6 Å². The molecule has 1 aromatic carbocycles. The molecule has 1 amide bonds. The number of benzene rings is 1. The minimum atomic E-state index is -0.511. The van der Waals surface area contributed by atoms with Gasteiger partial charge in [0.1, 0.15) is 11.2 Å². The van der Waals surface area contributed by atoms with Crippen LogP contribution in [-0.4, -0.2) is 41.4 Å². The molecule has 5 nitrogen and oxygen atoms in total. The Balaban J connectivity index is 1.59. The molecular weight excluding hydrogens is 409 g/mol. The monoisotopic (exact) mass is 447 g/mol. The molecule has 0 radical (unpaired) electrons. The van der Waals surface area contributed by atoms with Crippen molar-refractivity contribution in [3.8, 4) is 5.75 Å². The predicted molar refractivity (Wildman–Crippen MR) is 121 cm³/mol. The zero-order valence-electron chi connectivity index (χ0n) is 20.3. The van der Waals surface area contributed by atoms with Crippen molar-refractivity contribution in [1.82, 2.24) is 4.90 Å². The Morgan fingerprint density at radius 1 is 1.34 bits per heavy atom. The van der Waals surface area contributed by atoms with Gasteiger partial charge in [-0.3, -0.25) is 0 Å². The van der Waals surface area contributed by atoms with Crippen LogP contribution < -0.4 is 4.74 Å². The van der Waals surface area contributed by atoms with Crippen molar-refractivity contribution in [2.75, 3.05) is 13.1 Å². The van der Waals surface area contributed by atoms with Gasteiger partial charge in [0, 0.05) is 30.5 Å². The maximum absolute atomic E-state index is 14.7. The third kappa shape index (κ3) is 4.61. The standard InChI is InChI=1S/C26H38FNO4/c1-16(2)10-12-26(6)19-14-17-15-28(24(29)32-25(3,4)5)13-11-21(17)30-22(19)18-8-7-9-20(27)23(18)31-26/h7-9,16-17,19,21-22H,10-15H2,1-6H3/t17-,19+,21+,22-,26-/m1/s1. The van der Waals surface area contributed by atoms with Gasteiger partial charge in [0.2, 0.25) is 0 Å². The highest BCUT2D eigenvalue weighted by molar-refractivity contribution is 5.68. The highest BCUT2D eigenvalue weighted by Gasteiger charge is 2.53. The molecule has 5 atom stereocenters. The molecule has 1 aromatic rings. The Morgan fingerprint density at radius 2 is 2.09 bits per heavy atom. The summed E-state index contributed by atoms with van der Waals surface area (Å²) in [6.45, 7) is 13.4. The Morgan fingerprint density at radius 3 is 2.78 bits per heavy atom. The quantitative estimate of drug-likeness (QED) is 0.560. The summed E-state index contributed by atoms with van der Waals surface area (Å²) >= 11 is 0.